The Balaban J connectivity index is 1.85. The van der Waals surface area contributed by atoms with E-state index in [1.54, 1.807) is 31.2 Å². The van der Waals surface area contributed by atoms with Crippen LogP contribution < -0.4 is 5.32 Å². The normalized spacial score (nSPS) is 15.2. The lowest BCUT2D eigenvalue weighted by Crippen LogP contribution is -2.31. The van der Waals surface area contributed by atoms with Crippen LogP contribution in [0.1, 0.15) is 36.5 Å². The Kier molecular flexibility index (Phi) is 6.33. The fourth-order valence-electron chi connectivity index (χ4n) is 2.44. The molecule has 0 saturated carbocycles. The highest BCUT2D eigenvalue weighted by atomic mass is 32.2. The van der Waals surface area contributed by atoms with E-state index in [4.69, 9.17) is 4.74 Å². The van der Waals surface area contributed by atoms with Crippen molar-refractivity contribution in [1.82, 2.24) is 4.31 Å². The predicted octanol–water partition coefficient (Wildman–Crippen LogP) is 1.62. The highest BCUT2D eigenvalue weighted by Crippen LogP contribution is 2.15. The molecule has 0 unspecified atom stereocenters. The quantitative estimate of drug-likeness (QED) is 0.751. The number of hydrogen-bond acceptors (Lipinski definition) is 5. The van der Waals surface area contributed by atoms with E-state index < -0.39 is 16.0 Å². The Morgan fingerprint density at radius 2 is 1.79 bits per heavy atom. The third-order valence-corrected chi connectivity index (χ3v) is 5.60. The minimum atomic E-state index is -3.36. The summed E-state index contributed by atoms with van der Waals surface area (Å²) in [5.74, 6) is -0.992. The Morgan fingerprint density at radius 3 is 2.38 bits per heavy atom. The van der Waals surface area contributed by atoms with Gasteiger partial charge >= 0.3 is 5.97 Å². The van der Waals surface area contributed by atoms with Gasteiger partial charge in [-0.1, -0.05) is 0 Å². The molecule has 0 bridgehead atoms. The van der Waals surface area contributed by atoms with Crippen LogP contribution in [-0.4, -0.2) is 50.0 Å². The first kappa shape index (κ1) is 18.4. The van der Waals surface area contributed by atoms with E-state index in [1.165, 1.54) is 4.31 Å². The summed E-state index contributed by atoms with van der Waals surface area (Å²) in [7, 11) is -3.36. The first-order valence-electron chi connectivity index (χ1n) is 7.97. The molecule has 1 amide bonds. The topological polar surface area (TPSA) is 92.8 Å². The van der Waals surface area contributed by atoms with Gasteiger partial charge in [0.2, 0.25) is 15.9 Å². The number of carbonyl (C=O) groups is 2. The first-order chi connectivity index (χ1) is 11.4. The highest BCUT2D eigenvalue weighted by Gasteiger charge is 2.25. The lowest BCUT2D eigenvalue weighted by Gasteiger charge is -2.15. The smallest absolute Gasteiger partial charge is 0.338 e. The zero-order chi connectivity index (χ0) is 17.6. The SMILES string of the molecule is CCOC(=O)c1ccc(NC(=O)CCS(=O)(=O)N2CCCC2)cc1. The summed E-state index contributed by atoms with van der Waals surface area (Å²) in [4.78, 5) is 23.4. The van der Waals surface area contributed by atoms with Crippen LogP contribution in [0, 0.1) is 0 Å². The van der Waals surface area contributed by atoms with Crippen molar-refractivity contribution in [3.63, 3.8) is 0 Å². The molecule has 7 nitrogen and oxygen atoms in total. The molecule has 1 heterocycles. The molecule has 1 fully saturated rings. The molecule has 132 valence electrons. The molecule has 0 atom stereocenters. The molecule has 1 aromatic carbocycles. The molecular formula is C16H22N2O5S. The number of esters is 1. The molecule has 8 heteroatoms. The Hall–Kier alpha value is -1.93. The van der Waals surface area contributed by atoms with Crippen LogP contribution in [0.25, 0.3) is 0 Å². The summed E-state index contributed by atoms with van der Waals surface area (Å²) in [6.45, 7) is 3.10. The second-order valence-corrected chi connectivity index (χ2v) is 7.61. The summed E-state index contributed by atoms with van der Waals surface area (Å²) in [5.41, 5.74) is 0.901. The van der Waals surface area contributed by atoms with Gasteiger partial charge in [0.1, 0.15) is 0 Å². The lowest BCUT2D eigenvalue weighted by atomic mass is 10.2. The molecule has 1 N–H and O–H groups in total. The standard InChI is InChI=1S/C16H22N2O5S/c1-2-23-16(20)13-5-7-14(8-6-13)17-15(19)9-12-24(21,22)18-10-3-4-11-18/h5-8H,2-4,9-12H2,1H3,(H,17,19). The van der Waals surface area contributed by atoms with Gasteiger partial charge in [-0.25, -0.2) is 17.5 Å². The van der Waals surface area contributed by atoms with Gasteiger partial charge in [-0.15, -0.1) is 0 Å². The molecule has 0 aliphatic carbocycles. The number of hydrogen-bond donors (Lipinski definition) is 1. The monoisotopic (exact) mass is 354 g/mol. The first-order valence-corrected chi connectivity index (χ1v) is 9.58. The van der Waals surface area contributed by atoms with Crippen LogP contribution in [0.15, 0.2) is 24.3 Å². The van der Waals surface area contributed by atoms with Gasteiger partial charge in [0.15, 0.2) is 0 Å². The summed E-state index contributed by atoms with van der Waals surface area (Å²) in [6, 6.07) is 6.27. The third-order valence-electron chi connectivity index (χ3n) is 3.73. The Labute approximate surface area is 142 Å². The van der Waals surface area contributed by atoms with Crippen LogP contribution in [0.4, 0.5) is 5.69 Å². The van der Waals surface area contributed by atoms with E-state index in [2.05, 4.69) is 5.32 Å². The van der Waals surface area contributed by atoms with Crippen molar-refractivity contribution in [1.29, 1.82) is 0 Å². The summed E-state index contributed by atoms with van der Waals surface area (Å²) in [5, 5.41) is 2.63. The average Bonchev–Trinajstić information content (AvgIpc) is 3.09. The van der Waals surface area contributed by atoms with E-state index in [-0.39, 0.29) is 18.1 Å². The maximum Gasteiger partial charge on any atom is 0.338 e. The molecule has 2 rings (SSSR count). The number of nitrogens with one attached hydrogen (secondary N) is 1. The molecule has 24 heavy (non-hydrogen) atoms. The summed E-state index contributed by atoms with van der Waals surface area (Å²) < 4.78 is 30.4. The van der Waals surface area contributed by atoms with Gasteiger partial charge in [0.25, 0.3) is 0 Å². The largest absolute Gasteiger partial charge is 0.462 e. The second-order valence-electron chi connectivity index (χ2n) is 5.52. The predicted molar refractivity (Wildman–Crippen MR) is 90.2 cm³/mol. The van der Waals surface area contributed by atoms with Gasteiger partial charge in [-0.05, 0) is 44.0 Å². The highest BCUT2D eigenvalue weighted by molar-refractivity contribution is 7.89. The van der Waals surface area contributed by atoms with E-state index in [1.807, 2.05) is 0 Å². The average molecular weight is 354 g/mol. The van der Waals surface area contributed by atoms with Gasteiger partial charge in [0, 0.05) is 25.2 Å². The zero-order valence-corrected chi connectivity index (χ0v) is 14.5. The number of amides is 1. The maximum absolute atomic E-state index is 12.1. The second kappa shape index (κ2) is 8.25. The zero-order valence-electron chi connectivity index (χ0n) is 13.7. The van der Waals surface area contributed by atoms with Gasteiger partial charge < -0.3 is 10.1 Å². The van der Waals surface area contributed by atoms with Gasteiger partial charge in [-0.2, -0.15) is 0 Å². The van der Waals surface area contributed by atoms with E-state index in [9.17, 15) is 18.0 Å². The van der Waals surface area contributed by atoms with Crippen molar-refractivity contribution < 1.29 is 22.7 Å². The van der Waals surface area contributed by atoms with Crippen molar-refractivity contribution in [2.45, 2.75) is 26.2 Å². The Bertz CT molecular complexity index is 679. The van der Waals surface area contributed by atoms with Crippen LogP contribution in [0.5, 0.6) is 0 Å². The minimum absolute atomic E-state index is 0.0987. The number of rotatable bonds is 7. The molecule has 1 saturated heterocycles. The summed E-state index contributed by atoms with van der Waals surface area (Å²) >= 11 is 0. The summed E-state index contributed by atoms with van der Waals surface area (Å²) in [6.07, 6.45) is 1.65. The Morgan fingerprint density at radius 1 is 1.17 bits per heavy atom. The van der Waals surface area contributed by atoms with E-state index >= 15 is 0 Å². The van der Waals surface area contributed by atoms with Crippen LogP contribution >= 0.6 is 0 Å². The van der Waals surface area contributed by atoms with Crippen molar-refractivity contribution in [2.75, 3.05) is 30.8 Å². The third kappa shape index (κ3) is 5.04. The number of carbonyl (C=O) groups excluding carboxylic acids is 2. The molecule has 1 aliphatic rings. The number of benzene rings is 1. The molecule has 1 aliphatic heterocycles. The van der Waals surface area contributed by atoms with Crippen molar-refractivity contribution in [3.05, 3.63) is 29.8 Å². The number of ether oxygens (including phenoxy) is 1. The fourth-order valence-corrected chi connectivity index (χ4v) is 3.96. The van der Waals surface area contributed by atoms with Crippen LogP contribution in [-0.2, 0) is 19.6 Å². The minimum Gasteiger partial charge on any atom is -0.462 e. The number of anilines is 1. The van der Waals surface area contributed by atoms with Crippen molar-refractivity contribution in [3.8, 4) is 0 Å². The van der Waals surface area contributed by atoms with Gasteiger partial charge in [-0.3, -0.25) is 4.79 Å². The van der Waals surface area contributed by atoms with E-state index in [0.717, 1.165) is 12.8 Å². The van der Waals surface area contributed by atoms with Crippen molar-refractivity contribution in [2.24, 2.45) is 0 Å². The number of nitrogens with zero attached hydrogens (tertiary/aromatic N) is 1. The van der Waals surface area contributed by atoms with E-state index in [0.29, 0.717) is 30.9 Å². The lowest BCUT2D eigenvalue weighted by molar-refractivity contribution is -0.115. The molecule has 0 spiro atoms. The maximum atomic E-state index is 12.1. The van der Waals surface area contributed by atoms with Crippen molar-refractivity contribution >= 4 is 27.6 Å². The van der Waals surface area contributed by atoms with Gasteiger partial charge in [0.05, 0.1) is 17.9 Å². The molecular weight excluding hydrogens is 332 g/mol. The molecule has 0 aromatic heterocycles. The van der Waals surface area contributed by atoms with Crippen LogP contribution in [0.3, 0.4) is 0 Å². The van der Waals surface area contributed by atoms with Crippen LogP contribution in [0.2, 0.25) is 0 Å². The number of sulfonamides is 1. The fraction of sp³-hybridized carbons (Fsp3) is 0.500. The molecule has 0 radical (unpaired) electrons. The molecule has 1 aromatic rings.